The van der Waals surface area contributed by atoms with Crippen molar-refractivity contribution in [3.05, 3.63) is 65.3 Å². The first kappa shape index (κ1) is 15.3. The second-order valence-corrected chi connectivity index (χ2v) is 7.05. The number of benzene rings is 2. The lowest BCUT2D eigenvalue weighted by Gasteiger charge is -2.05. The van der Waals surface area contributed by atoms with E-state index < -0.39 is 0 Å². The van der Waals surface area contributed by atoms with E-state index in [1.54, 1.807) is 29.2 Å². The first-order chi connectivity index (χ1) is 10.8. The van der Waals surface area contributed by atoms with Gasteiger partial charge in [-0.1, -0.05) is 18.2 Å². The Morgan fingerprint density at radius 3 is 2.82 bits per heavy atom. The maximum Gasteiger partial charge on any atom is 0.195 e. The number of thioether (sulfide) groups is 1. The van der Waals surface area contributed by atoms with Crippen molar-refractivity contribution in [2.75, 3.05) is 19.0 Å². The Hall–Kier alpha value is -1.62. The summed E-state index contributed by atoms with van der Waals surface area (Å²) in [5, 5.41) is 1.61. The fraction of sp³-hybridized carbons (Fsp3) is 0.167. The van der Waals surface area contributed by atoms with E-state index in [2.05, 4.69) is 12.6 Å². The monoisotopic (exact) mass is 328 g/mol. The lowest BCUT2D eigenvalue weighted by atomic mass is 10.2. The molecular weight excluding hydrogens is 312 g/mol. The third-order valence-electron chi connectivity index (χ3n) is 3.28. The summed E-state index contributed by atoms with van der Waals surface area (Å²) >= 11 is 3.37. The van der Waals surface area contributed by atoms with Crippen LogP contribution in [0.5, 0.6) is 0 Å². The van der Waals surface area contributed by atoms with Crippen LogP contribution in [-0.4, -0.2) is 19.0 Å². The average Bonchev–Trinajstić information content (AvgIpc) is 2.55. The van der Waals surface area contributed by atoms with Crippen LogP contribution in [0.4, 0.5) is 0 Å². The highest BCUT2D eigenvalue weighted by Gasteiger charge is 2.06. The van der Waals surface area contributed by atoms with Gasteiger partial charge in [0, 0.05) is 30.8 Å². The van der Waals surface area contributed by atoms with Gasteiger partial charge in [-0.05, 0) is 30.3 Å². The zero-order chi connectivity index (χ0) is 15.4. The summed E-state index contributed by atoms with van der Waals surface area (Å²) < 4.78 is 7.45. The summed E-state index contributed by atoms with van der Waals surface area (Å²) in [6.07, 6.45) is 1.75. The maximum absolute atomic E-state index is 12.6. The summed E-state index contributed by atoms with van der Waals surface area (Å²) in [6.45, 7) is 4.88. The van der Waals surface area contributed by atoms with Gasteiger partial charge in [0.05, 0.1) is 13.2 Å². The largest absolute Gasteiger partial charge is 0.377 e. The Labute approximate surface area is 137 Å². The Balaban J connectivity index is 1.89. The second-order valence-electron chi connectivity index (χ2n) is 4.80. The van der Waals surface area contributed by atoms with Gasteiger partial charge < -0.3 is 4.74 Å². The van der Waals surface area contributed by atoms with Crippen LogP contribution in [0.15, 0.2) is 64.8 Å². The summed E-state index contributed by atoms with van der Waals surface area (Å²) in [5.74, 6) is 0.866. The van der Waals surface area contributed by atoms with E-state index >= 15 is 0 Å². The topological polar surface area (TPSA) is 26.3 Å². The predicted molar refractivity (Wildman–Crippen MR) is 97.3 cm³/mol. The molecule has 0 N–H and O–H groups in total. The molecule has 3 aromatic rings. The lowest BCUT2D eigenvalue weighted by molar-refractivity contribution is 0.180. The van der Waals surface area contributed by atoms with E-state index in [9.17, 15) is 4.79 Å². The quantitative estimate of drug-likeness (QED) is 0.284. The fourth-order valence-corrected chi connectivity index (χ4v) is 4.11. The van der Waals surface area contributed by atoms with E-state index in [-0.39, 0.29) is 5.43 Å². The van der Waals surface area contributed by atoms with E-state index in [4.69, 9.17) is 4.74 Å². The van der Waals surface area contributed by atoms with E-state index in [1.165, 1.54) is 0 Å². The van der Waals surface area contributed by atoms with Gasteiger partial charge in [0.25, 0.3) is 0 Å². The van der Waals surface area contributed by atoms with Crippen molar-refractivity contribution in [1.82, 2.24) is 0 Å². The smallest absolute Gasteiger partial charge is 0.195 e. The summed E-state index contributed by atoms with van der Waals surface area (Å²) in [4.78, 5) is 13.7. The van der Waals surface area contributed by atoms with Crippen LogP contribution in [0.3, 0.4) is 0 Å². The first-order valence-electron chi connectivity index (χ1n) is 7.06. The third-order valence-corrected chi connectivity index (χ3v) is 5.39. The molecule has 0 fully saturated rings. The van der Waals surface area contributed by atoms with Gasteiger partial charge in [-0.2, -0.15) is 0 Å². The molecule has 0 aliphatic rings. The van der Waals surface area contributed by atoms with Crippen molar-refractivity contribution in [1.29, 1.82) is 0 Å². The second kappa shape index (κ2) is 7.09. The minimum absolute atomic E-state index is 0.120. The molecule has 3 rings (SSSR count). The molecule has 0 aliphatic heterocycles. The Kier molecular flexibility index (Phi) is 4.93. The van der Waals surface area contributed by atoms with Crippen molar-refractivity contribution in [3.63, 3.8) is 0 Å². The van der Waals surface area contributed by atoms with Gasteiger partial charge >= 0.3 is 0 Å². The number of hydrogen-bond donors (Lipinski definition) is 0. The van der Waals surface area contributed by atoms with Crippen LogP contribution in [0.1, 0.15) is 0 Å². The number of rotatable bonds is 6. The molecule has 0 radical (unpaired) electrons. The highest BCUT2D eigenvalue weighted by molar-refractivity contribution is 7.99. The molecule has 1 aromatic heterocycles. The molecule has 0 atom stereocenters. The summed E-state index contributed by atoms with van der Waals surface area (Å²) in [7, 11) is 0. The molecule has 0 spiro atoms. The first-order valence-corrected chi connectivity index (χ1v) is 8.87. The molecule has 1 heterocycles. The van der Waals surface area contributed by atoms with Crippen LogP contribution in [0.25, 0.3) is 20.2 Å². The van der Waals surface area contributed by atoms with Crippen LogP contribution in [-0.2, 0) is 4.74 Å². The molecule has 0 bridgehead atoms. The van der Waals surface area contributed by atoms with Gasteiger partial charge in [0.1, 0.15) is 0 Å². The molecule has 2 nitrogen and oxygen atoms in total. The number of fused-ring (bicyclic) bond motifs is 2. The van der Waals surface area contributed by atoms with Gasteiger partial charge in [-0.15, -0.1) is 29.7 Å². The summed E-state index contributed by atoms with van der Waals surface area (Å²) in [5.41, 5.74) is 0.120. The Bertz CT molecular complexity index is 868. The van der Waals surface area contributed by atoms with Gasteiger partial charge in [0.15, 0.2) is 5.43 Å². The van der Waals surface area contributed by atoms with Gasteiger partial charge in [-0.25, -0.2) is 0 Å². The highest BCUT2D eigenvalue weighted by atomic mass is 32.2. The van der Waals surface area contributed by atoms with Crippen LogP contribution in [0.2, 0.25) is 0 Å². The minimum atomic E-state index is 0.120. The molecule has 22 heavy (non-hydrogen) atoms. The SMILES string of the molecule is C=CCOCCSc1ccc2sc3ccccc3c(=O)c2c1. The van der Waals surface area contributed by atoms with Crippen LogP contribution >= 0.6 is 23.1 Å². The van der Waals surface area contributed by atoms with E-state index in [0.29, 0.717) is 13.2 Å². The molecule has 0 amide bonds. The van der Waals surface area contributed by atoms with Crippen molar-refractivity contribution in [2.24, 2.45) is 0 Å². The fourth-order valence-electron chi connectivity index (χ4n) is 2.26. The molecule has 0 saturated heterocycles. The predicted octanol–water partition coefficient (Wildman–Crippen LogP) is 4.71. The summed E-state index contributed by atoms with van der Waals surface area (Å²) in [6, 6.07) is 13.9. The number of ether oxygens (including phenoxy) is 1. The zero-order valence-corrected chi connectivity index (χ0v) is 13.7. The molecule has 112 valence electrons. The Morgan fingerprint density at radius 1 is 1.14 bits per heavy atom. The molecule has 0 unspecified atom stereocenters. The van der Waals surface area contributed by atoms with Crippen molar-refractivity contribution in [2.45, 2.75) is 4.90 Å². The minimum Gasteiger partial charge on any atom is -0.377 e. The molecule has 0 aliphatic carbocycles. The van der Waals surface area contributed by atoms with Gasteiger partial charge in [0.2, 0.25) is 0 Å². The average molecular weight is 328 g/mol. The third kappa shape index (κ3) is 3.24. The van der Waals surface area contributed by atoms with Crippen LogP contribution in [0, 0.1) is 0 Å². The van der Waals surface area contributed by atoms with E-state index in [1.807, 2.05) is 36.4 Å². The normalized spacial score (nSPS) is 11.1. The maximum atomic E-state index is 12.6. The highest BCUT2D eigenvalue weighted by Crippen LogP contribution is 2.28. The van der Waals surface area contributed by atoms with Crippen LogP contribution < -0.4 is 5.43 Å². The van der Waals surface area contributed by atoms with Crippen molar-refractivity contribution < 1.29 is 4.74 Å². The zero-order valence-electron chi connectivity index (χ0n) is 12.1. The lowest BCUT2D eigenvalue weighted by Crippen LogP contribution is -2.01. The van der Waals surface area contributed by atoms with Crippen molar-refractivity contribution in [3.8, 4) is 0 Å². The number of hydrogen-bond acceptors (Lipinski definition) is 4. The molecule has 4 heteroatoms. The van der Waals surface area contributed by atoms with Gasteiger partial charge in [-0.3, -0.25) is 4.79 Å². The van der Waals surface area contributed by atoms with E-state index in [0.717, 1.165) is 30.8 Å². The Morgan fingerprint density at radius 2 is 1.95 bits per heavy atom. The molecule has 0 saturated carbocycles. The standard InChI is InChI=1S/C18H16O2S2/c1-2-9-20-10-11-21-13-7-8-17-15(12-13)18(19)14-5-3-4-6-16(14)22-17/h2-8,12H,1,9-11H2. The molecular formula is C18H16O2S2. The van der Waals surface area contributed by atoms with Crippen molar-refractivity contribution >= 4 is 43.3 Å². The molecule has 2 aromatic carbocycles.